The molecule has 0 saturated carbocycles. The number of ether oxygens (including phenoxy) is 1. The summed E-state index contributed by atoms with van der Waals surface area (Å²) in [6.45, 7) is 1.44. The highest BCUT2D eigenvalue weighted by Crippen LogP contribution is 2.18. The zero-order valence-corrected chi connectivity index (χ0v) is 19.2. The number of anilines is 2. The largest absolute Gasteiger partial charge is 0.484 e. The average Bonchev–Trinajstić information content (AvgIpc) is 2.82. The van der Waals surface area contributed by atoms with Crippen molar-refractivity contribution in [1.29, 1.82) is 5.26 Å². The van der Waals surface area contributed by atoms with E-state index >= 15 is 0 Å². The first-order chi connectivity index (χ1) is 16.7. The molecule has 0 aliphatic heterocycles. The fourth-order valence-corrected chi connectivity index (χ4v) is 3.67. The minimum absolute atomic E-state index is 0.0568. The van der Waals surface area contributed by atoms with Gasteiger partial charge >= 0.3 is 0 Å². The quantitative estimate of drug-likeness (QED) is 0.300. The minimum atomic E-state index is -3.94. The molecule has 4 N–H and O–H groups in total. The number of carbonyl (C=O) groups excluding carboxylic acids is 2. The Kier molecular flexibility index (Phi) is 7.75. The molecule has 0 unspecified atom stereocenters. The third kappa shape index (κ3) is 7.11. The van der Waals surface area contributed by atoms with Crippen molar-refractivity contribution >= 4 is 39.5 Å². The number of nitrogens with one attached hydrogen (secondary N) is 2. The topological polar surface area (TPSA) is 177 Å². The van der Waals surface area contributed by atoms with Crippen LogP contribution in [0.1, 0.15) is 11.3 Å². The second kappa shape index (κ2) is 10.9. The molecule has 0 spiro atoms. The van der Waals surface area contributed by atoms with Crippen LogP contribution in [-0.2, 0) is 19.6 Å². The molecule has 1 aromatic heterocycles. The summed E-state index contributed by atoms with van der Waals surface area (Å²) >= 11 is 0. The van der Waals surface area contributed by atoms with Crippen LogP contribution < -0.4 is 20.5 Å². The van der Waals surface area contributed by atoms with Crippen molar-refractivity contribution in [2.24, 2.45) is 5.73 Å². The van der Waals surface area contributed by atoms with Gasteiger partial charge in [0.05, 0.1) is 4.90 Å². The van der Waals surface area contributed by atoms with Crippen LogP contribution in [0.5, 0.6) is 5.75 Å². The maximum atomic E-state index is 12.5. The van der Waals surface area contributed by atoms with E-state index in [0.717, 1.165) is 0 Å². The first kappa shape index (κ1) is 24.9. The van der Waals surface area contributed by atoms with Gasteiger partial charge in [0.15, 0.2) is 6.61 Å². The molecule has 35 heavy (non-hydrogen) atoms. The Bertz CT molecular complexity index is 1410. The molecule has 0 atom stereocenters. The fourth-order valence-electron chi connectivity index (χ4n) is 2.72. The Morgan fingerprint density at radius 2 is 1.80 bits per heavy atom. The number of primary amides is 1. The number of nitrogens with zero attached hydrogens (tertiary/aromatic N) is 3. The molecule has 12 heteroatoms. The number of hydrogen-bond acceptors (Lipinski definition) is 8. The van der Waals surface area contributed by atoms with Crippen molar-refractivity contribution in [2.75, 3.05) is 16.6 Å². The summed E-state index contributed by atoms with van der Waals surface area (Å²) in [5.41, 5.74) is 6.29. The number of benzene rings is 2. The molecule has 0 radical (unpaired) electrons. The molecule has 2 aromatic carbocycles. The number of amides is 2. The summed E-state index contributed by atoms with van der Waals surface area (Å²) in [7, 11) is -3.94. The van der Waals surface area contributed by atoms with Crippen molar-refractivity contribution in [2.45, 2.75) is 11.8 Å². The van der Waals surface area contributed by atoms with E-state index in [1.165, 1.54) is 36.5 Å². The van der Waals surface area contributed by atoms with E-state index in [1.807, 2.05) is 6.07 Å². The Hall–Kier alpha value is -4.76. The van der Waals surface area contributed by atoms with Crippen LogP contribution in [0, 0.1) is 18.3 Å². The van der Waals surface area contributed by atoms with E-state index in [1.54, 1.807) is 37.3 Å². The number of aromatic nitrogens is 2. The monoisotopic (exact) mass is 492 g/mol. The number of sulfonamides is 1. The van der Waals surface area contributed by atoms with E-state index in [9.17, 15) is 23.3 Å². The van der Waals surface area contributed by atoms with Gasteiger partial charge in [-0.2, -0.15) is 5.26 Å². The van der Waals surface area contributed by atoms with Crippen LogP contribution >= 0.6 is 0 Å². The zero-order chi connectivity index (χ0) is 25.4. The Morgan fingerprint density at radius 1 is 1.11 bits per heavy atom. The van der Waals surface area contributed by atoms with Crippen molar-refractivity contribution < 1.29 is 22.7 Å². The molecule has 3 aromatic rings. The van der Waals surface area contributed by atoms with Crippen LogP contribution in [-0.4, -0.2) is 36.8 Å². The lowest BCUT2D eigenvalue weighted by atomic mass is 10.1. The minimum Gasteiger partial charge on any atom is -0.484 e. The number of carbonyl (C=O) groups is 2. The number of hydrogen-bond donors (Lipinski definition) is 3. The van der Waals surface area contributed by atoms with Gasteiger partial charge in [0, 0.05) is 17.6 Å². The van der Waals surface area contributed by atoms with Crippen LogP contribution in [0.25, 0.3) is 6.08 Å². The van der Waals surface area contributed by atoms with Gasteiger partial charge in [-0.1, -0.05) is 12.1 Å². The molecule has 2 amide bonds. The SMILES string of the molecule is Cc1ccnc(NS(=O)(=O)c2ccc(NC(=O)C(C#N)=Cc3ccc(OCC(N)=O)cc3)cc2)n1. The van der Waals surface area contributed by atoms with Gasteiger partial charge in [-0.3, -0.25) is 9.59 Å². The van der Waals surface area contributed by atoms with Gasteiger partial charge in [-0.05, 0) is 61.0 Å². The van der Waals surface area contributed by atoms with Gasteiger partial charge < -0.3 is 15.8 Å². The summed E-state index contributed by atoms with van der Waals surface area (Å²) in [5, 5.41) is 11.9. The Labute approximate surface area is 201 Å². The van der Waals surface area contributed by atoms with Crippen molar-refractivity contribution in [3.8, 4) is 11.8 Å². The summed E-state index contributed by atoms with van der Waals surface area (Å²) < 4.78 is 32.5. The van der Waals surface area contributed by atoms with Gasteiger partial charge in [0.25, 0.3) is 21.8 Å². The molecule has 0 bridgehead atoms. The molecule has 3 rings (SSSR count). The van der Waals surface area contributed by atoms with Gasteiger partial charge in [-0.15, -0.1) is 0 Å². The average molecular weight is 493 g/mol. The van der Waals surface area contributed by atoms with E-state index in [-0.39, 0.29) is 28.7 Å². The normalized spacial score (nSPS) is 11.3. The van der Waals surface area contributed by atoms with Gasteiger partial charge in [-0.25, -0.2) is 23.1 Å². The highest BCUT2D eigenvalue weighted by atomic mass is 32.2. The predicted octanol–water partition coefficient (Wildman–Crippen LogP) is 2.00. The number of nitrogens with two attached hydrogens (primary N) is 1. The van der Waals surface area contributed by atoms with Crippen molar-refractivity contribution in [3.05, 3.63) is 77.6 Å². The summed E-state index contributed by atoms with van der Waals surface area (Å²) in [6, 6.07) is 15.2. The molecule has 11 nitrogen and oxygen atoms in total. The van der Waals surface area contributed by atoms with Crippen LogP contribution in [0.3, 0.4) is 0 Å². The standard InChI is InChI=1S/C23H20N6O5S/c1-15-10-11-26-23(27-15)29-35(32,33)20-8-4-18(5-9-20)28-22(31)17(13-24)12-16-2-6-19(7-3-16)34-14-21(25)30/h2-12H,14H2,1H3,(H2,25,30)(H,28,31)(H,26,27,29). The van der Waals surface area contributed by atoms with Gasteiger partial charge in [0.1, 0.15) is 17.4 Å². The van der Waals surface area contributed by atoms with E-state index in [0.29, 0.717) is 17.0 Å². The second-order valence-electron chi connectivity index (χ2n) is 7.10. The fraction of sp³-hybridized carbons (Fsp3) is 0.0870. The van der Waals surface area contributed by atoms with E-state index in [2.05, 4.69) is 20.0 Å². The smallest absolute Gasteiger partial charge is 0.266 e. The Balaban J connectivity index is 1.67. The van der Waals surface area contributed by atoms with Crippen molar-refractivity contribution in [3.63, 3.8) is 0 Å². The molecule has 1 heterocycles. The molecule has 0 aliphatic rings. The lowest BCUT2D eigenvalue weighted by molar-refractivity contribution is -0.120. The third-order valence-electron chi connectivity index (χ3n) is 4.38. The molecule has 0 aliphatic carbocycles. The van der Waals surface area contributed by atoms with Gasteiger partial charge in [0.2, 0.25) is 5.95 Å². The number of nitriles is 1. The molecular weight excluding hydrogens is 472 g/mol. The maximum Gasteiger partial charge on any atom is 0.266 e. The first-order valence-corrected chi connectivity index (χ1v) is 11.5. The Morgan fingerprint density at radius 3 is 2.40 bits per heavy atom. The van der Waals surface area contributed by atoms with Crippen molar-refractivity contribution in [1.82, 2.24) is 9.97 Å². The predicted molar refractivity (Wildman–Crippen MR) is 127 cm³/mol. The zero-order valence-electron chi connectivity index (χ0n) is 18.4. The first-order valence-electron chi connectivity index (χ1n) is 10.0. The maximum absolute atomic E-state index is 12.5. The van der Waals surface area contributed by atoms with Crippen LogP contribution in [0.15, 0.2) is 71.3 Å². The lowest BCUT2D eigenvalue weighted by Gasteiger charge is -2.09. The highest BCUT2D eigenvalue weighted by molar-refractivity contribution is 7.92. The van der Waals surface area contributed by atoms with Crippen LogP contribution in [0.2, 0.25) is 0 Å². The van der Waals surface area contributed by atoms with E-state index in [4.69, 9.17) is 10.5 Å². The number of aryl methyl sites for hydroxylation is 1. The molecular formula is C23H20N6O5S. The summed E-state index contributed by atoms with van der Waals surface area (Å²) in [4.78, 5) is 31.1. The molecule has 0 saturated heterocycles. The third-order valence-corrected chi connectivity index (χ3v) is 5.72. The molecule has 0 fully saturated rings. The lowest BCUT2D eigenvalue weighted by Crippen LogP contribution is -2.19. The summed E-state index contributed by atoms with van der Waals surface area (Å²) in [5.74, 6) is -0.941. The molecule has 178 valence electrons. The number of rotatable bonds is 9. The summed E-state index contributed by atoms with van der Waals surface area (Å²) in [6.07, 6.45) is 2.81. The second-order valence-corrected chi connectivity index (χ2v) is 8.78. The van der Waals surface area contributed by atoms with E-state index < -0.39 is 21.8 Å². The highest BCUT2D eigenvalue weighted by Gasteiger charge is 2.16. The van der Waals surface area contributed by atoms with Crippen LogP contribution in [0.4, 0.5) is 11.6 Å².